The zero-order chi connectivity index (χ0) is 27.0. The van der Waals surface area contributed by atoms with Gasteiger partial charge >= 0.3 is 6.09 Å². The molecule has 0 N–H and O–H groups in total. The highest BCUT2D eigenvalue weighted by atomic mass is 32.2. The highest BCUT2D eigenvalue weighted by Gasteiger charge is 2.44. The molecule has 6 nitrogen and oxygen atoms in total. The molecule has 2 unspecified atom stereocenters. The van der Waals surface area contributed by atoms with Gasteiger partial charge in [0, 0.05) is 60.8 Å². The van der Waals surface area contributed by atoms with Gasteiger partial charge < -0.3 is 19.4 Å². The Morgan fingerprint density at radius 1 is 0.974 bits per heavy atom. The number of anilines is 1. The quantitative estimate of drug-likeness (QED) is 0.425. The largest absolute Gasteiger partial charge is 0.444 e. The normalized spacial score (nSPS) is 21.8. The van der Waals surface area contributed by atoms with Gasteiger partial charge in [-0.1, -0.05) is 19.1 Å². The summed E-state index contributed by atoms with van der Waals surface area (Å²) >= 11 is 1.75. The van der Waals surface area contributed by atoms with Crippen LogP contribution in [-0.4, -0.2) is 65.9 Å². The minimum Gasteiger partial charge on any atom is -0.444 e. The maximum atomic E-state index is 13.5. The highest BCUT2D eigenvalue weighted by Crippen LogP contribution is 2.46. The minimum atomic E-state index is -0.526. The lowest BCUT2D eigenvalue weighted by molar-refractivity contribution is 0.0188. The van der Waals surface area contributed by atoms with Crippen LogP contribution < -0.4 is 4.90 Å². The van der Waals surface area contributed by atoms with Gasteiger partial charge in [-0.15, -0.1) is 11.8 Å². The molecule has 5 rings (SSSR count). The van der Waals surface area contributed by atoms with E-state index in [2.05, 4.69) is 54.5 Å². The lowest BCUT2D eigenvalue weighted by Crippen LogP contribution is -2.49. The summed E-state index contributed by atoms with van der Waals surface area (Å²) in [5, 5.41) is 0. The topological polar surface area (TPSA) is 53.1 Å². The predicted molar refractivity (Wildman–Crippen MR) is 154 cm³/mol. The molecule has 204 valence electrons. The van der Waals surface area contributed by atoms with Gasteiger partial charge in [0.2, 0.25) is 0 Å². The molecule has 2 fully saturated rings. The summed E-state index contributed by atoms with van der Waals surface area (Å²) in [7, 11) is 0. The Labute approximate surface area is 231 Å². The van der Waals surface area contributed by atoms with Crippen LogP contribution in [0.4, 0.5) is 10.5 Å². The Balaban J connectivity index is 1.43. The van der Waals surface area contributed by atoms with Crippen LogP contribution in [0.2, 0.25) is 0 Å². The molecule has 0 aromatic heterocycles. The molecule has 0 spiro atoms. The van der Waals surface area contributed by atoms with Crippen LogP contribution in [0.1, 0.15) is 74.4 Å². The van der Waals surface area contributed by atoms with E-state index in [9.17, 15) is 9.59 Å². The average Bonchev–Trinajstić information content (AvgIpc) is 3.20. The minimum absolute atomic E-state index is 0.127. The van der Waals surface area contributed by atoms with E-state index in [1.807, 2.05) is 36.6 Å². The van der Waals surface area contributed by atoms with Gasteiger partial charge in [0.15, 0.2) is 0 Å². The number of likely N-dealkylation sites (tertiary alicyclic amines) is 2. The van der Waals surface area contributed by atoms with Gasteiger partial charge in [-0.3, -0.25) is 4.79 Å². The zero-order valence-electron chi connectivity index (χ0n) is 23.4. The first kappa shape index (κ1) is 26.9. The molecule has 0 aliphatic carbocycles. The van der Waals surface area contributed by atoms with E-state index in [0.717, 1.165) is 44.5 Å². The fourth-order valence-corrected chi connectivity index (χ4v) is 6.47. The average molecular weight is 536 g/mol. The fraction of sp³-hybridized carbons (Fsp3) is 0.548. The molecular formula is C31H41N3O3S. The summed E-state index contributed by atoms with van der Waals surface area (Å²) in [5.41, 5.74) is 3.87. The Morgan fingerprint density at radius 2 is 1.66 bits per heavy atom. The van der Waals surface area contributed by atoms with Gasteiger partial charge in [-0.25, -0.2) is 4.79 Å². The van der Waals surface area contributed by atoms with E-state index in [-0.39, 0.29) is 24.0 Å². The van der Waals surface area contributed by atoms with E-state index in [1.165, 1.54) is 21.7 Å². The fourth-order valence-electron chi connectivity index (χ4n) is 6.06. The number of amides is 2. The van der Waals surface area contributed by atoms with Crippen molar-refractivity contribution in [2.75, 3.05) is 37.3 Å². The molecule has 3 heterocycles. The lowest BCUT2D eigenvalue weighted by Gasteiger charge is -2.39. The summed E-state index contributed by atoms with van der Waals surface area (Å²) in [6.07, 6.45) is 4.84. The van der Waals surface area contributed by atoms with Crippen molar-refractivity contribution < 1.29 is 14.3 Å². The van der Waals surface area contributed by atoms with Crippen LogP contribution in [0.15, 0.2) is 47.4 Å². The van der Waals surface area contributed by atoms with E-state index >= 15 is 0 Å². The Morgan fingerprint density at radius 3 is 2.32 bits per heavy atom. The number of hydrogen-bond acceptors (Lipinski definition) is 5. The molecule has 0 radical (unpaired) electrons. The maximum absolute atomic E-state index is 13.5. The number of hydrogen-bond donors (Lipinski definition) is 0. The number of nitrogens with zero attached hydrogens (tertiary/aromatic N) is 3. The Bertz CT molecular complexity index is 1170. The smallest absolute Gasteiger partial charge is 0.410 e. The third-order valence-corrected chi connectivity index (χ3v) is 8.94. The summed E-state index contributed by atoms with van der Waals surface area (Å²) in [4.78, 5) is 34.1. The molecule has 0 bridgehead atoms. The molecule has 38 heavy (non-hydrogen) atoms. The number of fused-ring (bicyclic) bond motifs is 3. The second kappa shape index (κ2) is 10.8. The summed E-state index contributed by atoms with van der Waals surface area (Å²) < 4.78 is 5.72. The second-order valence-electron chi connectivity index (χ2n) is 12.1. The first-order chi connectivity index (χ1) is 18.1. The number of rotatable bonds is 4. The van der Waals surface area contributed by atoms with Gasteiger partial charge in [-0.2, -0.15) is 0 Å². The van der Waals surface area contributed by atoms with Crippen LogP contribution in [-0.2, 0) is 11.3 Å². The summed E-state index contributed by atoms with van der Waals surface area (Å²) in [6.45, 7) is 11.7. The van der Waals surface area contributed by atoms with Crippen LogP contribution in [0.5, 0.6) is 0 Å². The van der Waals surface area contributed by atoms with E-state index in [4.69, 9.17) is 4.74 Å². The van der Waals surface area contributed by atoms with Gasteiger partial charge in [0.1, 0.15) is 5.60 Å². The van der Waals surface area contributed by atoms with Crippen molar-refractivity contribution in [1.29, 1.82) is 0 Å². The number of carbonyl (C=O) groups is 2. The lowest BCUT2D eigenvalue weighted by atomic mass is 9.88. The van der Waals surface area contributed by atoms with E-state index in [0.29, 0.717) is 19.0 Å². The van der Waals surface area contributed by atoms with Gasteiger partial charge in [-0.05, 0) is 93.7 Å². The van der Waals surface area contributed by atoms with Crippen LogP contribution in [0.25, 0.3) is 0 Å². The molecule has 2 saturated heterocycles. The van der Waals surface area contributed by atoms with Crippen molar-refractivity contribution in [2.45, 2.75) is 76.0 Å². The van der Waals surface area contributed by atoms with E-state index in [1.54, 1.807) is 11.8 Å². The third-order valence-electron chi connectivity index (χ3n) is 8.19. The first-order valence-corrected chi connectivity index (χ1v) is 15.2. The summed E-state index contributed by atoms with van der Waals surface area (Å²) in [5.74, 6) is 0.951. The van der Waals surface area contributed by atoms with Crippen molar-refractivity contribution in [3.05, 3.63) is 59.2 Å². The van der Waals surface area contributed by atoms with E-state index < -0.39 is 5.60 Å². The molecule has 7 heteroatoms. The molecule has 2 atom stereocenters. The van der Waals surface area contributed by atoms with Crippen LogP contribution in [0.3, 0.4) is 0 Å². The van der Waals surface area contributed by atoms with Gasteiger partial charge in [0.05, 0.1) is 0 Å². The maximum Gasteiger partial charge on any atom is 0.410 e. The molecule has 2 aromatic rings. The number of ether oxygens (including phenoxy) is 1. The van der Waals surface area contributed by atoms with Crippen molar-refractivity contribution in [2.24, 2.45) is 5.92 Å². The molecule has 0 saturated carbocycles. The van der Waals surface area contributed by atoms with Crippen molar-refractivity contribution in [3.8, 4) is 0 Å². The third kappa shape index (κ3) is 5.68. The zero-order valence-corrected chi connectivity index (χ0v) is 24.2. The number of piperidine rings is 2. The SMILES string of the molecule is CSc1ccc(CN2c3ccc(C(=O)N4CCC(C)CC4)cc3C3CN(C(=O)OC(C)(C)C)CCC32)cc1. The Hall–Kier alpha value is -2.67. The standard InChI is InChI=1S/C31H41N3O3S/c1-21-12-15-32(16-13-21)29(35)23-8-11-27-25(18-23)26-20-33(30(36)37-31(2,3)4)17-14-28(26)34(27)19-22-6-9-24(38-5)10-7-22/h6-11,18,21,26,28H,12-17,19-20H2,1-5H3. The Kier molecular flexibility index (Phi) is 7.67. The number of thioether (sulfide) groups is 1. The molecule has 3 aliphatic heterocycles. The number of carbonyl (C=O) groups excluding carboxylic acids is 2. The van der Waals surface area contributed by atoms with Crippen LogP contribution >= 0.6 is 11.8 Å². The molecule has 3 aliphatic rings. The van der Waals surface area contributed by atoms with Crippen molar-refractivity contribution in [3.63, 3.8) is 0 Å². The molecular weight excluding hydrogens is 494 g/mol. The molecule has 2 amide bonds. The predicted octanol–water partition coefficient (Wildman–Crippen LogP) is 6.39. The van der Waals surface area contributed by atoms with Gasteiger partial charge in [0.25, 0.3) is 5.91 Å². The highest BCUT2D eigenvalue weighted by molar-refractivity contribution is 7.98. The van der Waals surface area contributed by atoms with Crippen molar-refractivity contribution in [1.82, 2.24) is 9.80 Å². The summed E-state index contributed by atoms with van der Waals surface area (Å²) in [6, 6.07) is 15.3. The monoisotopic (exact) mass is 535 g/mol. The van der Waals surface area contributed by atoms with Crippen LogP contribution in [0, 0.1) is 5.92 Å². The number of benzene rings is 2. The molecule has 2 aromatic carbocycles. The van der Waals surface area contributed by atoms with Crippen molar-refractivity contribution >= 4 is 29.4 Å². The second-order valence-corrected chi connectivity index (χ2v) is 13.0. The first-order valence-electron chi connectivity index (χ1n) is 13.9.